The minimum absolute atomic E-state index is 0.679. The molecule has 2 aromatic rings. The third-order valence-electron chi connectivity index (χ3n) is 1.67. The molecule has 74 valence electrons. The van der Waals surface area contributed by atoms with Crippen molar-refractivity contribution in [1.82, 2.24) is 4.98 Å². The van der Waals surface area contributed by atoms with E-state index in [2.05, 4.69) is 27.0 Å². The zero-order valence-corrected chi connectivity index (χ0v) is 10.7. The molecule has 0 spiro atoms. The van der Waals surface area contributed by atoms with Gasteiger partial charge in [0.25, 0.3) is 0 Å². The molecule has 15 heavy (non-hydrogen) atoms. The number of thiazole rings is 1. The molecular formula is C10H5BrN2S2. The van der Waals surface area contributed by atoms with Gasteiger partial charge in [-0.05, 0) is 18.2 Å². The number of hydrogen-bond acceptors (Lipinski definition) is 4. The van der Waals surface area contributed by atoms with Crippen molar-refractivity contribution in [3.8, 4) is 6.07 Å². The van der Waals surface area contributed by atoms with E-state index in [9.17, 15) is 0 Å². The van der Waals surface area contributed by atoms with E-state index in [0.29, 0.717) is 5.56 Å². The highest BCUT2D eigenvalue weighted by Gasteiger charge is 2.06. The second kappa shape index (κ2) is 4.79. The fourth-order valence-corrected chi connectivity index (χ4v) is 3.24. The Kier molecular flexibility index (Phi) is 3.41. The van der Waals surface area contributed by atoms with Crippen LogP contribution in [0.4, 0.5) is 0 Å². The topological polar surface area (TPSA) is 36.7 Å². The molecular weight excluding hydrogens is 292 g/mol. The van der Waals surface area contributed by atoms with Crippen LogP contribution in [0.3, 0.4) is 0 Å². The highest BCUT2D eigenvalue weighted by atomic mass is 79.9. The average Bonchev–Trinajstić information content (AvgIpc) is 2.71. The average molecular weight is 297 g/mol. The monoisotopic (exact) mass is 296 g/mol. The van der Waals surface area contributed by atoms with Crippen LogP contribution in [0.25, 0.3) is 0 Å². The van der Waals surface area contributed by atoms with Gasteiger partial charge in [-0.15, -0.1) is 11.3 Å². The minimum Gasteiger partial charge on any atom is -0.238 e. The van der Waals surface area contributed by atoms with E-state index in [1.54, 1.807) is 23.6 Å². The molecule has 0 unspecified atom stereocenters. The Labute approximate surface area is 104 Å². The standard InChI is InChI=1S/C10H5BrN2S2/c11-8-2-1-7(6-12)9(5-8)15-10-13-3-4-14-10/h1-5H. The second-order valence-electron chi connectivity index (χ2n) is 2.65. The summed E-state index contributed by atoms with van der Waals surface area (Å²) in [6.07, 6.45) is 1.76. The lowest BCUT2D eigenvalue weighted by Crippen LogP contribution is -1.80. The predicted molar refractivity (Wildman–Crippen MR) is 65.1 cm³/mol. The van der Waals surface area contributed by atoms with Crippen molar-refractivity contribution >= 4 is 39.0 Å². The SMILES string of the molecule is N#Cc1ccc(Br)cc1Sc1nccs1. The number of aromatic nitrogens is 1. The first kappa shape index (κ1) is 10.7. The maximum atomic E-state index is 8.94. The van der Waals surface area contributed by atoms with Crippen molar-refractivity contribution in [2.75, 3.05) is 0 Å². The van der Waals surface area contributed by atoms with Crippen molar-refractivity contribution < 1.29 is 0 Å². The summed E-state index contributed by atoms with van der Waals surface area (Å²) >= 11 is 6.47. The van der Waals surface area contributed by atoms with Crippen LogP contribution in [0.1, 0.15) is 5.56 Å². The minimum atomic E-state index is 0.679. The largest absolute Gasteiger partial charge is 0.238 e. The van der Waals surface area contributed by atoms with Gasteiger partial charge in [0.05, 0.1) is 5.56 Å². The molecule has 2 rings (SSSR count). The summed E-state index contributed by atoms with van der Waals surface area (Å²) in [4.78, 5) is 5.11. The summed E-state index contributed by atoms with van der Waals surface area (Å²) in [7, 11) is 0. The zero-order valence-electron chi connectivity index (χ0n) is 7.48. The van der Waals surface area contributed by atoms with Gasteiger partial charge in [0.2, 0.25) is 0 Å². The van der Waals surface area contributed by atoms with Gasteiger partial charge < -0.3 is 0 Å². The fourth-order valence-electron chi connectivity index (χ4n) is 1.03. The van der Waals surface area contributed by atoms with Gasteiger partial charge in [-0.2, -0.15) is 5.26 Å². The van der Waals surface area contributed by atoms with E-state index in [1.807, 2.05) is 17.5 Å². The van der Waals surface area contributed by atoms with Crippen LogP contribution in [0, 0.1) is 11.3 Å². The van der Waals surface area contributed by atoms with E-state index in [0.717, 1.165) is 13.7 Å². The van der Waals surface area contributed by atoms with Gasteiger partial charge >= 0.3 is 0 Å². The Hall–Kier alpha value is -0.830. The number of nitriles is 1. The molecule has 2 nitrogen and oxygen atoms in total. The molecule has 0 saturated heterocycles. The van der Waals surface area contributed by atoms with E-state index >= 15 is 0 Å². The smallest absolute Gasteiger partial charge is 0.154 e. The Morgan fingerprint density at radius 1 is 1.47 bits per heavy atom. The molecule has 0 saturated carbocycles. The van der Waals surface area contributed by atoms with Crippen molar-refractivity contribution in [1.29, 1.82) is 5.26 Å². The molecule has 0 aliphatic heterocycles. The molecule has 0 radical (unpaired) electrons. The Morgan fingerprint density at radius 3 is 3.00 bits per heavy atom. The molecule has 1 aromatic carbocycles. The van der Waals surface area contributed by atoms with Crippen molar-refractivity contribution in [2.45, 2.75) is 9.24 Å². The Balaban J connectivity index is 2.35. The van der Waals surface area contributed by atoms with Gasteiger partial charge in [0.15, 0.2) is 4.34 Å². The Bertz CT molecular complexity index is 503. The molecule has 1 aromatic heterocycles. The van der Waals surface area contributed by atoms with Crippen molar-refractivity contribution in [3.63, 3.8) is 0 Å². The first-order chi connectivity index (χ1) is 7.29. The van der Waals surface area contributed by atoms with Crippen LogP contribution in [-0.2, 0) is 0 Å². The van der Waals surface area contributed by atoms with Crippen molar-refractivity contribution in [2.24, 2.45) is 0 Å². The highest BCUT2D eigenvalue weighted by Crippen LogP contribution is 2.33. The van der Waals surface area contributed by atoms with Crippen molar-refractivity contribution in [3.05, 3.63) is 39.8 Å². The van der Waals surface area contributed by atoms with E-state index in [1.165, 1.54) is 11.8 Å². The van der Waals surface area contributed by atoms with Gasteiger partial charge in [-0.3, -0.25) is 0 Å². The molecule has 1 heterocycles. The molecule has 5 heteroatoms. The number of hydrogen-bond donors (Lipinski definition) is 0. The number of halogens is 1. The lowest BCUT2D eigenvalue weighted by molar-refractivity contribution is 1.24. The first-order valence-corrected chi connectivity index (χ1v) is 6.55. The molecule has 0 atom stereocenters. The highest BCUT2D eigenvalue weighted by molar-refractivity contribution is 9.10. The van der Waals surface area contributed by atoms with Crippen LogP contribution in [0.15, 0.2) is 43.5 Å². The van der Waals surface area contributed by atoms with E-state index in [-0.39, 0.29) is 0 Å². The predicted octanol–water partition coefficient (Wildman–Crippen LogP) is 3.93. The summed E-state index contributed by atoms with van der Waals surface area (Å²) in [6, 6.07) is 7.78. The number of nitrogens with zero attached hydrogens (tertiary/aromatic N) is 2. The normalized spacial score (nSPS) is 9.87. The summed E-state index contributed by atoms with van der Waals surface area (Å²) in [5.74, 6) is 0. The summed E-state index contributed by atoms with van der Waals surface area (Å²) in [5, 5.41) is 10.9. The van der Waals surface area contributed by atoms with Gasteiger partial charge in [-0.1, -0.05) is 27.7 Å². The lowest BCUT2D eigenvalue weighted by atomic mass is 10.2. The van der Waals surface area contributed by atoms with Gasteiger partial charge in [0.1, 0.15) is 6.07 Å². The number of benzene rings is 1. The quantitative estimate of drug-likeness (QED) is 0.842. The molecule has 0 N–H and O–H groups in total. The molecule has 0 bridgehead atoms. The third kappa shape index (κ3) is 2.59. The Morgan fingerprint density at radius 2 is 2.33 bits per heavy atom. The maximum absolute atomic E-state index is 8.94. The zero-order chi connectivity index (χ0) is 10.7. The van der Waals surface area contributed by atoms with Crippen LogP contribution >= 0.6 is 39.0 Å². The van der Waals surface area contributed by atoms with Gasteiger partial charge in [-0.25, -0.2) is 4.98 Å². The van der Waals surface area contributed by atoms with Crippen LogP contribution in [0.2, 0.25) is 0 Å². The van der Waals surface area contributed by atoms with Crippen LogP contribution in [-0.4, -0.2) is 4.98 Å². The maximum Gasteiger partial charge on any atom is 0.154 e. The van der Waals surface area contributed by atoms with E-state index in [4.69, 9.17) is 5.26 Å². The summed E-state index contributed by atoms with van der Waals surface area (Å²) in [6.45, 7) is 0. The second-order valence-corrected chi connectivity index (χ2v) is 5.75. The fraction of sp³-hybridized carbons (Fsp3) is 0. The summed E-state index contributed by atoms with van der Waals surface area (Å²) in [5.41, 5.74) is 0.679. The van der Waals surface area contributed by atoms with E-state index < -0.39 is 0 Å². The summed E-state index contributed by atoms with van der Waals surface area (Å²) < 4.78 is 1.92. The van der Waals surface area contributed by atoms with Gasteiger partial charge in [0, 0.05) is 20.9 Å². The molecule has 0 amide bonds. The molecule has 0 fully saturated rings. The first-order valence-electron chi connectivity index (χ1n) is 4.06. The lowest BCUT2D eigenvalue weighted by Gasteiger charge is -2.01. The van der Waals surface area contributed by atoms with Crippen LogP contribution < -0.4 is 0 Å². The molecule has 0 aliphatic carbocycles. The van der Waals surface area contributed by atoms with Crippen LogP contribution in [0.5, 0.6) is 0 Å². The number of rotatable bonds is 2. The third-order valence-corrected chi connectivity index (χ3v) is 4.11. The molecule has 0 aliphatic rings.